The summed E-state index contributed by atoms with van der Waals surface area (Å²) in [5, 5.41) is 2.89. The lowest BCUT2D eigenvalue weighted by Crippen LogP contribution is -2.55. The second-order valence-electron chi connectivity index (χ2n) is 10.2. The number of fused-ring (bicyclic) bond motifs is 6. The molecule has 0 saturated heterocycles. The van der Waals surface area contributed by atoms with Gasteiger partial charge in [0.05, 0.1) is 0 Å². The summed E-state index contributed by atoms with van der Waals surface area (Å²) in [6.07, 6.45) is 7.37. The van der Waals surface area contributed by atoms with E-state index in [-0.39, 0.29) is 0 Å². The number of hydrogen-bond donors (Lipinski definition) is 0. The molecule has 0 amide bonds. The molecule has 0 radical (unpaired) electrons. The maximum Gasteiger partial charge on any atom is 0.0358 e. The molecule has 1 heteroatoms. The Balaban J connectivity index is 1.49. The maximum atomic E-state index is 2.64. The van der Waals surface area contributed by atoms with Crippen LogP contribution in [0.3, 0.4) is 0 Å². The summed E-state index contributed by atoms with van der Waals surface area (Å²) in [5.41, 5.74) is 6.73. The van der Waals surface area contributed by atoms with E-state index in [0.717, 1.165) is 23.7 Å². The van der Waals surface area contributed by atoms with Crippen molar-refractivity contribution in [1.29, 1.82) is 0 Å². The van der Waals surface area contributed by atoms with Gasteiger partial charge in [0.15, 0.2) is 0 Å². The number of benzene rings is 3. The third kappa shape index (κ3) is 1.75. The third-order valence-electron chi connectivity index (χ3n) is 9.05. The second kappa shape index (κ2) is 5.13. The van der Waals surface area contributed by atoms with Gasteiger partial charge in [-0.3, -0.25) is 0 Å². The Labute approximate surface area is 175 Å². The van der Waals surface area contributed by atoms with Crippen LogP contribution in [-0.4, -0.2) is 0 Å². The summed E-state index contributed by atoms with van der Waals surface area (Å²) in [5.74, 6) is 3.72. The molecule has 5 aliphatic carbocycles. The van der Waals surface area contributed by atoms with Gasteiger partial charge in [-0.25, -0.2) is 0 Å². The van der Waals surface area contributed by atoms with E-state index in [1.807, 2.05) is 11.3 Å². The quantitative estimate of drug-likeness (QED) is 0.287. The Morgan fingerprint density at radius 3 is 2.17 bits per heavy atom. The zero-order valence-corrected chi connectivity index (χ0v) is 17.3. The summed E-state index contributed by atoms with van der Waals surface area (Å²) in [6.45, 7) is 0. The fourth-order valence-corrected chi connectivity index (χ4v) is 9.49. The molecule has 4 aromatic rings. The first kappa shape index (κ1) is 15.7. The molecule has 1 heterocycles. The molecule has 1 spiro atoms. The van der Waals surface area contributed by atoms with Crippen LogP contribution in [0.25, 0.3) is 31.3 Å². The van der Waals surface area contributed by atoms with Crippen molar-refractivity contribution in [1.82, 2.24) is 0 Å². The minimum absolute atomic E-state index is 0.295. The highest BCUT2D eigenvalue weighted by molar-refractivity contribution is 7.25. The standard InChI is InChI=1S/C28H24S/c1-3-7-24-20(5-1)22-14-23-21-6-2-4-8-26(21)29-27(23)15-25(22)28(24)18-10-16-9-17(12-18)13-19(28)11-16/h1-8,14-19H,9-13H2. The van der Waals surface area contributed by atoms with Crippen LogP contribution in [0.1, 0.15) is 43.2 Å². The lowest BCUT2D eigenvalue weighted by Gasteiger charge is -2.61. The molecule has 1 aromatic heterocycles. The van der Waals surface area contributed by atoms with Crippen LogP contribution in [0.4, 0.5) is 0 Å². The Kier molecular flexibility index (Phi) is 2.77. The molecule has 4 fully saturated rings. The van der Waals surface area contributed by atoms with Crippen molar-refractivity contribution in [2.75, 3.05) is 0 Å². The lowest BCUT2D eigenvalue weighted by molar-refractivity contribution is -0.0398. The Hall–Kier alpha value is -2.12. The average molecular weight is 393 g/mol. The van der Waals surface area contributed by atoms with Gasteiger partial charge in [-0.2, -0.15) is 0 Å². The van der Waals surface area contributed by atoms with Crippen LogP contribution in [-0.2, 0) is 5.41 Å². The smallest absolute Gasteiger partial charge is 0.0358 e. The average Bonchev–Trinajstić information content (AvgIpc) is 3.24. The van der Waals surface area contributed by atoms with Crippen molar-refractivity contribution in [3.63, 3.8) is 0 Å². The minimum Gasteiger partial charge on any atom is -0.135 e. The topological polar surface area (TPSA) is 0 Å². The normalized spacial score (nSPS) is 33.7. The third-order valence-corrected chi connectivity index (χ3v) is 10.2. The summed E-state index contributed by atoms with van der Waals surface area (Å²) >= 11 is 1.99. The Morgan fingerprint density at radius 1 is 0.621 bits per heavy atom. The first-order chi connectivity index (χ1) is 14.3. The van der Waals surface area contributed by atoms with Gasteiger partial charge in [-0.1, -0.05) is 42.5 Å². The summed E-state index contributed by atoms with van der Waals surface area (Å²) in [7, 11) is 0. The molecule has 3 aromatic carbocycles. The highest BCUT2D eigenvalue weighted by Crippen LogP contribution is 2.69. The fraction of sp³-hybridized carbons (Fsp3) is 0.357. The summed E-state index contributed by atoms with van der Waals surface area (Å²) in [4.78, 5) is 0. The van der Waals surface area contributed by atoms with Gasteiger partial charge in [0, 0.05) is 25.6 Å². The highest BCUT2D eigenvalue weighted by Gasteiger charge is 2.61. The van der Waals surface area contributed by atoms with Crippen molar-refractivity contribution in [3.05, 3.63) is 71.8 Å². The van der Waals surface area contributed by atoms with E-state index >= 15 is 0 Å². The molecule has 0 unspecified atom stereocenters. The predicted molar refractivity (Wildman–Crippen MR) is 123 cm³/mol. The zero-order valence-electron chi connectivity index (χ0n) is 16.5. The van der Waals surface area contributed by atoms with E-state index in [0.29, 0.717) is 5.41 Å². The first-order valence-corrected chi connectivity index (χ1v) is 12.2. The Morgan fingerprint density at radius 2 is 1.34 bits per heavy atom. The highest BCUT2D eigenvalue weighted by atomic mass is 32.1. The van der Waals surface area contributed by atoms with Gasteiger partial charge in [-0.15, -0.1) is 11.3 Å². The van der Waals surface area contributed by atoms with E-state index in [4.69, 9.17) is 0 Å². The maximum absolute atomic E-state index is 2.64. The number of rotatable bonds is 0. The molecule has 142 valence electrons. The monoisotopic (exact) mass is 392 g/mol. The summed E-state index contributed by atoms with van der Waals surface area (Å²) < 4.78 is 2.92. The molecule has 29 heavy (non-hydrogen) atoms. The van der Waals surface area contributed by atoms with E-state index < -0.39 is 0 Å². The lowest BCUT2D eigenvalue weighted by atomic mass is 9.43. The largest absolute Gasteiger partial charge is 0.135 e. The van der Waals surface area contributed by atoms with Crippen LogP contribution in [0, 0.1) is 23.7 Å². The molecule has 0 nitrogen and oxygen atoms in total. The molecule has 4 bridgehead atoms. The minimum atomic E-state index is 0.295. The van der Waals surface area contributed by atoms with Crippen LogP contribution < -0.4 is 0 Å². The van der Waals surface area contributed by atoms with E-state index in [9.17, 15) is 0 Å². The van der Waals surface area contributed by atoms with Gasteiger partial charge < -0.3 is 0 Å². The molecule has 5 aliphatic rings. The molecular formula is C28H24S. The van der Waals surface area contributed by atoms with Crippen molar-refractivity contribution < 1.29 is 0 Å². The molecule has 9 rings (SSSR count). The van der Waals surface area contributed by atoms with Crippen molar-refractivity contribution in [2.24, 2.45) is 23.7 Å². The predicted octanol–water partition coefficient (Wildman–Crippen LogP) is 7.78. The van der Waals surface area contributed by atoms with Crippen molar-refractivity contribution in [3.8, 4) is 11.1 Å². The van der Waals surface area contributed by atoms with Crippen LogP contribution in [0.15, 0.2) is 60.7 Å². The second-order valence-corrected chi connectivity index (χ2v) is 11.3. The van der Waals surface area contributed by atoms with Crippen molar-refractivity contribution >= 4 is 31.5 Å². The van der Waals surface area contributed by atoms with Crippen LogP contribution >= 0.6 is 11.3 Å². The Bertz CT molecular complexity index is 1290. The summed E-state index contributed by atoms with van der Waals surface area (Å²) in [6, 6.07) is 23.6. The molecule has 4 saturated carbocycles. The van der Waals surface area contributed by atoms with Crippen LogP contribution in [0.2, 0.25) is 0 Å². The van der Waals surface area contributed by atoms with Crippen molar-refractivity contribution in [2.45, 2.75) is 37.5 Å². The van der Waals surface area contributed by atoms with Gasteiger partial charge >= 0.3 is 0 Å². The van der Waals surface area contributed by atoms with Gasteiger partial charge in [-0.05, 0) is 96.2 Å². The molecular weight excluding hydrogens is 368 g/mol. The van der Waals surface area contributed by atoms with Gasteiger partial charge in [0.25, 0.3) is 0 Å². The number of thiophene rings is 1. The van der Waals surface area contributed by atoms with E-state index in [1.54, 1.807) is 16.7 Å². The van der Waals surface area contributed by atoms with Gasteiger partial charge in [0.1, 0.15) is 0 Å². The molecule has 0 atom stereocenters. The zero-order chi connectivity index (χ0) is 18.7. The first-order valence-electron chi connectivity index (χ1n) is 11.4. The molecule has 0 aliphatic heterocycles. The van der Waals surface area contributed by atoms with Crippen LogP contribution in [0.5, 0.6) is 0 Å². The van der Waals surface area contributed by atoms with E-state index in [1.165, 1.54) is 57.8 Å². The SMILES string of the molecule is c1ccc2c(c1)-c1cc3c(cc1C21C2CC4CC(C2)CC1C4)sc1ccccc13. The van der Waals surface area contributed by atoms with Gasteiger partial charge in [0.2, 0.25) is 0 Å². The van der Waals surface area contributed by atoms with E-state index in [2.05, 4.69) is 60.7 Å². The fourth-order valence-electron chi connectivity index (χ4n) is 8.37. The molecule has 0 N–H and O–H groups in total. The number of hydrogen-bond acceptors (Lipinski definition) is 1.